The van der Waals surface area contributed by atoms with Crippen LogP contribution < -0.4 is 0 Å². The number of nitrogens with zero attached hydrogens (tertiary/aromatic N) is 4. The third-order valence-electron chi connectivity index (χ3n) is 6.23. The van der Waals surface area contributed by atoms with E-state index >= 15 is 0 Å². The summed E-state index contributed by atoms with van der Waals surface area (Å²) in [5, 5.41) is 7.13. The van der Waals surface area contributed by atoms with Crippen LogP contribution in [0.25, 0.3) is 0 Å². The molecule has 2 aliphatic rings. The van der Waals surface area contributed by atoms with E-state index in [2.05, 4.69) is 38.4 Å². The molecule has 2 aromatic rings. The summed E-state index contributed by atoms with van der Waals surface area (Å²) in [5.74, 6) is 0.840. The second-order valence-electron chi connectivity index (χ2n) is 7.93. The van der Waals surface area contributed by atoms with Crippen molar-refractivity contribution >= 4 is 29.0 Å². The molecule has 2 aliphatic heterocycles. The lowest BCUT2D eigenvalue weighted by molar-refractivity contribution is -0.135. The first-order chi connectivity index (χ1) is 13.7. The summed E-state index contributed by atoms with van der Waals surface area (Å²) in [7, 11) is 0. The maximum Gasteiger partial charge on any atom is 0.236 e. The Labute approximate surface area is 175 Å². The molecule has 4 rings (SSSR count). The van der Waals surface area contributed by atoms with Crippen molar-refractivity contribution in [3.63, 3.8) is 0 Å². The zero-order valence-electron chi connectivity index (χ0n) is 16.3. The fourth-order valence-corrected chi connectivity index (χ4v) is 5.38. The van der Waals surface area contributed by atoms with Crippen LogP contribution in [0.2, 0.25) is 5.02 Å². The summed E-state index contributed by atoms with van der Waals surface area (Å²) in [5.41, 5.74) is 2.28. The van der Waals surface area contributed by atoms with E-state index in [0.717, 1.165) is 49.6 Å². The zero-order valence-corrected chi connectivity index (χ0v) is 17.8. The SMILES string of the molecule is CC[C@H]1CCCCN1C(=O)CN1C[C@H](c2ccc(Cl)cc2)[C@@H](c2csnn2)C1. The average Bonchev–Trinajstić information content (AvgIpc) is 3.38. The fourth-order valence-electron chi connectivity index (χ4n) is 4.73. The highest BCUT2D eigenvalue weighted by Gasteiger charge is 2.38. The van der Waals surface area contributed by atoms with E-state index in [1.807, 2.05) is 17.5 Å². The van der Waals surface area contributed by atoms with E-state index in [0.29, 0.717) is 18.5 Å². The predicted octanol–water partition coefficient (Wildman–Crippen LogP) is 4.17. The highest BCUT2D eigenvalue weighted by molar-refractivity contribution is 7.03. The number of carbonyl (C=O) groups excluding carboxylic acids is 1. The van der Waals surface area contributed by atoms with E-state index in [4.69, 9.17) is 11.6 Å². The first-order valence-electron chi connectivity index (χ1n) is 10.2. The second-order valence-corrected chi connectivity index (χ2v) is 8.98. The van der Waals surface area contributed by atoms with Crippen LogP contribution in [0.5, 0.6) is 0 Å². The van der Waals surface area contributed by atoms with Crippen LogP contribution in [0.4, 0.5) is 0 Å². The summed E-state index contributed by atoms with van der Waals surface area (Å²) in [4.78, 5) is 17.5. The quantitative estimate of drug-likeness (QED) is 0.731. The van der Waals surface area contributed by atoms with Crippen LogP contribution in [0.15, 0.2) is 29.6 Å². The number of hydrogen-bond donors (Lipinski definition) is 0. The minimum Gasteiger partial charge on any atom is -0.339 e. The van der Waals surface area contributed by atoms with Gasteiger partial charge in [0, 0.05) is 47.9 Å². The van der Waals surface area contributed by atoms with Gasteiger partial charge in [-0.15, -0.1) is 5.10 Å². The molecule has 0 saturated carbocycles. The van der Waals surface area contributed by atoms with E-state index < -0.39 is 0 Å². The molecule has 1 aromatic heterocycles. The summed E-state index contributed by atoms with van der Waals surface area (Å²) in [6.07, 6.45) is 4.56. The molecular weight excluding hydrogens is 392 g/mol. The highest BCUT2D eigenvalue weighted by Crippen LogP contribution is 2.39. The molecule has 1 amide bonds. The van der Waals surface area contributed by atoms with Crippen molar-refractivity contribution < 1.29 is 4.79 Å². The van der Waals surface area contributed by atoms with Crippen LogP contribution in [0.1, 0.15) is 55.7 Å². The standard InChI is InChI=1S/C21H27ClN4OS/c1-2-17-5-3-4-10-26(17)21(27)13-25-11-18(15-6-8-16(22)9-7-15)19(12-25)20-14-28-24-23-20/h6-9,14,17-19H,2-5,10-13H2,1H3/t17-,18+,19-/m0/s1. The number of amides is 1. The van der Waals surface area contributed by atoms with Crippen LogP contribution in [-0.4, -0.2) is 57.5 Å². The normalized spacial score (nSPS) is 25.9. The predicted molar refractivity (Wildman–Crippen MR) is 113 cm³/mol. The third-order valence-corrected chi connectivity index (χ3v) is 7.00. The molecule has 0 spiro atoms. The maximum absolute atomic E-state index is 13.0. The molecule has 0 radical (unpaired) electrons. The van der Waals surface area contributed by atoms with Gasteiger partial charge in [-0.25, -0.2) is 0 Å². The molecule has 2 saturated heterocycles. The van der Waals surface area contributed by atoms with Crippen molar-refractivity contribution in [2.24, 2.45) is 0 Å². The number of hydrogen-bond acceptors (Lipinski definition) is 5. The minimum absolute atomic E-state index is 0.260. The molecule has 2 fully saturated rings. The largest absolute Gasteiger partial charge is 0.339 e. The third kappa shape index (κ3) is 4.24. The Kier molecular flexibility index (Phi) is 6.28. The van der Waals surface area contributed by atoms with Gasteiger partial charge in [-0.05, 0) is 54.9 Å². The van der Waals surface area contributed by atoms with Crippen molar-refractivity contribution in [2.75, 3.05) is 26.2 Å². The monoisotopic (exact) mass is 418 g/mol. The number of benzene rings is 1. The maximum atomic E-state index is 13.0. The second kappa shape index (κ2) is 8.89. The van der Waals surface area contributed by atoms with Gasteiger partial charge in [-0.3, -0.25) is 9.69 Å². The molecule has 150 valence electrons. The van der Waals surface area contributed by atoms with Crippen molar-refractivity contribution in [3.8, 4) is 0 Å². The Morgan fingerprint density at radius 1 is 1.21 bits per heavy atom. The van der Waals surface area contributed by atoms with Crippen molar-refractivity contribution in [1.82, 2.24) is 19.4 Å². The molecular formula is C21H27ClN4OS. The van der Waals surface area contributed by atoms with Crippen molar-refractivity contribution in [1.29, 1.82) is 0 Å². The molecule has 3 heterocycles. The van der Waals surface area contributed by atoms with Gasteiger partial charge in [-0.1, -0.05) is 35.1 Å². The van der Waals surface area contributed by atoms with Gasteiger partial charge in [0.05, 0.1) is 12.2 Å². The van der Waals surface area contributed by atoms with Crippen LogP contribution in [-0.2, 0) is 4.79 Å². The molecule has 5 nitrogen and oxygen atoms in total. The molecule has 3 atom stereocenters. The van der Waals surface area contributed by atoms with Gasteiger partial charge < -0.3 is 4.90 Å². The number of halogens is 1. The zero-order chi connectivity index (χ0) is 19.5. The fraction of sp³-hybridized carbons (Fsp3) is 0.571. The summed E-state index contributed by atoms with van der Waals surface area (Å²) < 4.78 is 4.07. The van der Waals surface area contributed by atoms with E-state index in [-0.39, 0.29) is 11.8 Å². The number of likely N-dealkylation sites (tertiary alicyclic amines) is 2. The molecule has 7 heteroatoms. The lowest BCUT2D eigenvalue weighted by Crippen LogP contribution is -2.47. The van der Waals surface area contributed by atoms with Gasteiger partial charge >= 0.3 is 0 Å². The molecule has 0 aliphatic carbocycles. The Morgan fingerprint density at radius 3 is 2.71 bits per heavy atom. The Bertz CT molecular complexity index is 782. The first kappa shape index (κ1) is 19.8. The Morgan fingerprint density at radius 2 is 2.00 bits per heavy atom. The number of carbonyl (C=O) groups is 1. The number of piperidine rings is 1. The molecule has 0 N–H and O–H groups in total. The average molecular weight is 419 g/mol. The number of aromatic nitrogens is 2. The van der Waals surface area contributed by atoms with Gasteiger partial charge in [0.2, 0.25) is 5.91 Å². The van der Waals surface area contributed by atoms with Gasteiger partial charge in [0.15, 0.2) is 0 Å². The lowest BCUT2D eigenvalue weighted by Gasteiger charge is -2.36. The van der Waals surface area contributed by atoms with Crippen LogP contribution in [0, 0.1) is 0 Å². The number of rotatable bonds is 5. The lowest BCUT2D eigenvalue weighted by atomic mass is 9.87. The summed E-state index contributed by atoms with van der Waals surface area (Å²) >= 11 is 7.48. The van der Waals surface area contributed by atoms with Gasteiger partial charge in [-0.2, -0.15) is 0 Å². The molecule has 1 aromatic carbocycles. The highest BCUT2D eigenvalue weighted by atomic mass is 35.5. The topological polar surface area (TPSA) is 49.3 Å². The van der Waals surface area contributed by atoms with Crippen molar-refractivity contribution in [2.45, 2.75) is 50.5 Å². The summed E-state index contributed by atoms with van der Waals surface area (Å²) in [6.45, 7) is 5.29. The van der Waals surface area contributed by atoms with E-state index in [9.17, 15) is 4.79 Å². The summed E-state index contributed by atoms with van der Waals surface area (Å²) in [6, 6.07) is 8.50. The van der Waals surface area contributed by atoms with Crippen LogP contribution in [0.3, 0.4) is 0 Å². The first-order valence-corrected chi connectivity index (χ1v) is 11.4. The molecule has 0 unspecified atom stereocenters. The molecule has 28 heavy (non-hydrogen) atoms. The van der Waals surface area contributed by atoms with Gasteiger partial charge in [0.1, 0.15) is 0 Å². The van der Waals surface area contributed by atoms with E-state index in [1.165, 1.54) is 23.5 Å². The smallest absolute Gasteiger partial charge is 0.236 e. The Hall–Kier alpha value is -1.50. The van der Waals surface area contributed by atoms with Gasteiger partial charge in [0.25, 0.3) is 0 Å². The Balaban J connectivity index is 1.49. The minimum atomic E-state index is 0.260. The van der Waals surface area contributed by atoms with Crippen LogP contribution >= 0.6 is 23.1 Å². The molecule has 0 bridgehead atoms. The van der Waals surface area contributed by atoms with E-state index in [1.54, 1.807) is 0 Å². The van der Waals surface area contributed by atoms with Crippen molar-refractivity contribution in [3.05, 3.63) is 45.9 Å².